The van der Waals surface area contributed by atoms with E-state index in [9.17, 15) is 0 Å². The van der Waals surface area contributed by atoms with E-state index in [0.717, 1.165) is 19.1 Å². The smallest absolute Gasteiger partial charge is 0.0494 e. The molecule has 2 atom stereocenters. The summed E-state index contributed by atoms with van der Waals surface area (Å²) in [4.78, 5) is 0. The van der Waals surface area contributed by atoms with Crippen molar-refractivity contribution in [3.63, 3.8) is 0 Å². The van der Waals surface area contributed by atoms with Gasteiger partial charge < -0.3 is 9.47 Å². The van der Waals surface area contributed by atoms with Gasteiger partial charge in [0.2, 0.25) is 0 Å². The van der Waals surface area contributed by atoms with Crippen LogP contribution in [0.5, 0.6) is 0 Å². The van der Waals surface area contributed by atoms with Crippen molar-refractivity contribution in [1.29, 1.82) is 0 Å². The second-order valence-corrected chi connectivity index (χ2v) is 5.54. The fraction of sp³-hybridized carbons (Fsp3) is 1.00. The summed E-state index contributed by atoms with van der Waals surface area (Å²) < 4.78 is 10.8. The first-order chi connectivity index (χ1) is 8.15. The Hall–Kier alpha value is -0.0800. The van der Waals surface area contributed by atoms with Crippen molar-refractivity contribution >= 4 is 0 Å². The average Bonchev–Trinajstić information content (AvgIpc) is 2.30. The topological polar surface area (TPSA) is 18.5 Å². The van der Waals surface area contributed by atoms with Gasteiger partial charge in [-0.15, -0.1) is 0 Å². The highest BCUT2D eigenvalue weighted by atomic mass is 16.5. The number of ether oxygens (including phenoxy) is 2. The van der Waals surface area contributed by atoms with E-state index in [1.165, 1.54) is 32.1 Å². The monoisotopic (exact) mass is 244 g/mol. The van der Waals surface area contributed by atoms with Crippen molar-refractivity contribution in [3.8, 4) is 0 Å². The zero-order valence-electron chi connectivity index (χ0n) is 12.5. The Morgan fingerprint density at radius 1 is 0.824 bits per heavy atom. The molecule has 0 fully saturated rings. The van der Waals surface area contributed by atoms with Gasteiger partial charge in [0, 0.05) is 27.4 Å². The zero-order valence-corrected chi connectivity index (χ0v) is 12.5. The first-order valence-electron chi connectivity index (χ1n) is 7.13. The van der Waals surface area contributed by atoms with Crippen molar-refractivity contribution in [2.45, 2.75) is 52.9 Å². The summed E-state index contributed by atoms with van der Waals surface area (Å²) in [5, 5.41) is 0. The summed E-state index contributed by atoms with van der Waals surface area (Å²) in [5.74, 6) is 2.11. The molecule has 0 heterocycles. The van der Waals surface area contributed by atoms with Gasteiger partial charge >= 0.3 is 0 Å². The molecule has 0 aromatic carbocycles. The summed E-state index contributed by atoms with van der Waals surface area (Å²) >= 11 is 0. The molecule has 0 aliphatic carbocycles. The van der Waals surface area contributed by atoms with Crippen LogP contribution in [0.4, 0.5) is 0 Å². The first-order valence-corrected chi connectivity index (χ1v) is 7.13. The Morgan fingerprint density at radius 2 is 1.35 bits per heavy atom. The van der Waals surface area contributed by atoms with Crippen LogP contribution in [0.3, 0.4) is 0 Å². The number of methoxy groups -OCH3 is 2. The van der Waals surface area contributed by atoms with Gasteiger partial charge in [0.15, 0.2) is 0 Å². The lowest BCUT2D eigenvalue weighted by molar-refractivity contribution is 0.0583. The first kappa shape index (κ1) is 16.9. The third-order valence-corrected chi connectivity index (χ3v) is 3.47. The molecule has 0 rings (SSSR count). The summed E-state index contributed by atoms with van der Waals surface area (Å²) in [6.07, 6.45) is 6.40. The van der Waals surface area contributed by atoms with E-state index >= 15 is 0 Å². The van der Waals surface area contributed by atoms with Gasteiger partial charge in [-0.3, -0.25) is 0 Å². The van der Waals surface area contributed by atoms with Gasteiger partial charge in [0.1, 0.15) is 0 Å². The summed E-state index contributed by atoms with van der Waals surface area (Å²) in [7, 11) is 3.62. The fourth-order valence-corrected chi connectivity index (χ4v) is 2.35. The Labute approximate surface area is 108 Å². The van der Waals surface area contributed by atoms with Crippen molar-refractivity contribution in [2.24, 2.45) is 17.8 Å². The maximum absolute atomic E-state index is 5.39. The van der Waals surface area contributed by atoms with Crippen LogP contribution in [-0.2, 0) is 9.47 Å². The number of rotatable bonds is 11. The molecule has 0 N–H and O–H groups in total. The molecule has 0 bridgehead atoms. The molecule has 0 amide bonds. The predicted octanol–water partition coefficient (Wildman–Crippen LogP) is 4.14. The molecule has 2 unspecified atom stereocenters. The highest BCUT2D eigenvalue weighted by molar-refractivity contribution is 4.71. The van der Waals surface area contributed by atoms with Crippen LogP contribution in [-0.4, -0.2) is 27.4 Å². The third kappa shape index (κ3) is 8.62. The summed E-state index contributed by atoms with van der Waals surface area (Å²) in [6.45, 7) is 8.60. The minimum atomic E-state index is 0.661. The fourth-order valence-electron chi connectivity index (χ4n) is 2.35. The Morgan fingerprint density at radius 3 is 1.76 bits per heavy atom. The molecule has 104 valence electrons. The predicted molar refractivity (Wildman–Crippen MR) is 74.3 cm³/mol. The Bertz CT molecular complexity index is 157. The van der Waals surface area contributed by atoms with Crippen LogP contribution < -0.4 is 0 Å². The normalized spacial score (nSPS) is 15.2. The SMILES string of the molecule is CCCCC(COC)C(CCC(C)C)COC. The molecule has 0 saturated carbocycles. The number of unbranched alkanes of at least 4 members (excludes halogenated alkanes) is 1. The maximum atomic E-state index is 5.39. The summed E-state index contributed by atoms with van der Waals surface area (Å²) in [6, 6.07) is 0. The van der Waals surface area contributed by atoms with Gasteiger partial charge in [-0.1, -0.05) is 40.0 Å². The molecule has 17 heavy (non-hydrogen) atoms. The van der Waals surface area contributed by atoms with Crippen LogP contribution in [0, 0.1) is 17.8 Å². The quantitative estimate of drug-likeness (QED) is 0.544. The molecule has 2 heteroatoms. The van der Waals surface area contributed by atoms with Crippen molar-refractivity contribution < 1.29 is 9.47 Å². The average molecular weight is 244 g/mol. The van der Waals surface area contributed by atoms with E-state index < -0.39 is 0 Å². The largest absolute Gasteiger partial charge is 0.384 e. The van der Waals surface area contributed by atoms with E-state index in [1.54, 1.807) is 0 Å². The molecule has 0 radical (unpaired) electrons. The molecule has 0 saturated heterocycles. The highest BCUT2D eigenvalue weighted by Crippen LogP contribution is 2.25. The molecular formula is C15H32O2. The minimum absolute atomic E-state index is 0.661. The van der Waals surface area contributed by atoms with Crippen molar-refractivity contribution in [2.75, 3.05) is 27.4 Å². The molecule has 0 aromatic rings. The van der Waals surface area contributed by atoms with E-state index in [-0.39, 0.29) is 0 Å². The molecule has 0 aliphatic rings. The van der Waals surface area contributed by atoms with Gasteiger partial charge in [-0.25, -0.2) is 0 Å². The minimum Gasteiger partial charge on any atom is -0.384 e. The number of hydrogen-bond acceptors (Lipinski definition) is 2. The summed E-state index contributed by atoms with van der Waals surface area (Å²) in [5.41, 5.74) is 0. The van der Waals surface area contributed by atoms with Crippen molar-refractivity contribution in [1.82, 2.24) is 0 Å². The maximum Gasteiger partial charge on any atom is 0.0494 e. The number of hydrogen-bond donors (Lipinski definition) is 0. The van der Waals surface area contributed by atoms with Crippen LogP contribution in [0.15, 0.2) is 0 Å². The van der Waals surface area contributed by atoms with E-state index in [0.29, 0.717) is 11.8 Å². The Kier molecular flexibility index (Phi) is 11.0. The van der Waals surface area contributed by atoms with E-state index in [2.05, 4.69) is 20.8 Å². The van der Waals surface area contributed by atoms with Crippen LogP contribution in [0.2, 0.25) is 0 Å². The Balaban J connectivity index is 4.23. The van der Waals surface area contributed by atoms with Crippen LogP contribution >= 0.6 is 0 Å². The van der Waals surface area contributed by atoms with E-state index in [4.69, 9.17) is 9.47 Å². The lowest BCUT2D eigenvalue weighted by Gasteiger charge is -2.26. The van der Waals surface area contributed by atoms with Crippen LogP contribution in [0.25, 0.3) is 0 Å². The van der Waals surface area contributed by atoms with Gasteiger partial charge in [-0.05, 0) is 30.6 Å². The van der Waals surface area contributed by atoms with Crippen LogP contribution in [0.1, 0.15) is 52.9 Å². The van der Waals surface area contributed by atoms with E-state index in [1.807, 2.05) is 14.2 Å². The lowest BCUT2D eigenvalue weighted by Crippen LogP contribution is -2.24. The van der Waals surface area contributed by atoms with Gasteiger partial charge in [0.25, 0.3) is 0 Å². The molecule has 2 nitrogen and oxygen atoms in total. The lowest BCUT2D eigenvalue weighted by atomic mass is 9.84. The molecule has 0 aromatic heterocycles. The second kappa shape index (κ2) is 11.0. The standard InChI is InChI=1S/C15H32O2/c1-6-7-8-14(11-16-4)15(12-17-5)10-9-13(2)3/h13-15H,6-12H2,1-5H3. The zero-order chi connectivity index (χ0) is 13.1. The second-order valence-electron chi connectivity index (χ2n) is 5.54. The third-order valence-electron chi connectivity index (χ3n) is 3.47. The highest BCUT2D eigenvalue weighted by Gasteiger charge is 2.21. The molecule has 0 spiro atoms. The van der Waals surface area contributed by atoms with Gasteiger partial charge in [0.05, 0.1) is 0 Å². The molecule has 0 aliphatic heterocycles. The molecular weight excluding hydrogens is 212 g/mol. The van der Waals surface area contributed by atoms with Gasteiger partial charge in [-0.2, -0.15) is 0 Å². The van der Waals surface area contributed by atoms with Crippen molar-refractivity contribution in [3.05, 3.63) is 0 Å².